The molecule has 1 N–H and O–H groups in total. The zero-order valence-electron chi connectivity index (χ0n) is 13.3. The molecule has 2 aromatic carbocycles. The number of likely N-dealkylation sites (N-methyl/N-ethyl adjacent to an activating group) is 1. The zero-order valence-corrected chi connectivity index (χ0v) is 13.3. The van der Waals surface area contributed by atoms with Gasteiger partial charge in [-0.05, 0) is 24.1 Å². The highest BCUT2D eigenvalue weighted by atomic mass is 16.5. The first-order chi connectivity index (χ1) is 10.8. The number of fused-ring (bicyclic) bond motifs is 1. The van der Waals surface area contributed by atoms with E-state index in [1.54, 1.807) is 7.11 Å². The smallest absolute Gasteiger partial charge is 0.126 e. The summed E-state index contributed by atoms with van der Waals surface area (Å²) in [6, 6.07) is 12.6. The van der Waals surface area contributed by atoms with E-state index in [1.165, 1.54) is 10.9 Å². The van der Waals surface area contributed by atoms with E-state index in [1.807, 2.05) is 12.1 Å². The summed E-state index contributed by atoms with van der Waals surface area (Å²) in [6.07, 6.45) is 0.281. The van der Waals surface area contributed by atoms with Crippen LogP contribution < -0.4 is 10.1 Å². The van der Waals surface area contributed by atoms with E-state index in [2.05, 4.69) is 41.5 Å². The number of ether oxygens (including phenoxy) is 2. The summed E-state index contributed by atoms with van der Waals surface area (Å²) >= 11 is 0. The van der Waals surface area contributed by atoms with E-state index in [0.29, 0.717) is 0 Å². The second-order valence-corrected chi connectivity index (χ2v) is 5.86. The van der Waals surface area contributed by atoms with E-state index in [-0.39, 0.29) is 6.10 Å². The Hall–Kier alpha value is -1.62. The molecule has 1 aliphatic rings. The van der Waals surface area contributed by atoms with Crippen LogP contribution >= 0.6 is 0 Å². The van der Waals surface area contributed by atoms with Crippen LogP contribution in [0.15, 0.2) is 36.4 Å². The second kappa shape index (κ2) is 7.09. The van der Waals surface area contributed by atoms with Crippen molar-refractivity contribution in [2.24, 2.45) is 0 Å². The van der Waals surface area contributed by atoms with Crippen LogP contribution in [0.4, 0.5) is 0 Å². The third kappa shape index (κ3) is 3.40. The molecular formula is C18H24N2O2. The third-order valence-corrected chi connectivity index (χ3v) is 4.22. The minimum atomic E-state index is 0.281. The predicted octanol–water partition coefficient (Wildman–Crippen LogP) is 2.27. The van der Waals surface area contributed by atoms with E-state index in [9.17, 15) is 0 Å². The molecule has 22 heavy (non-hydrogen) atoms. The molecule has 1 atom stereocenters. The Morgan fingerprint density at radius 2 is 2.05 bits per heavy atom. The van der Waals surface area contributed by atoms with Crippen LogP contribution in [0.3, 0.4) is 0 Å². The molecule has 0 unspecified atom stereocenters. The molecule has 0 bridgehead atoms. The van der Waals surface area contributed by atoms with Crippen LogP contribution in [0.2, 0.25) is 0 Å². The lowest BCUT2D eigenvalue weighted by atomic mass is 10.0. The van der Waals surface area contributed by atoms with Crippen molar-refractivity contribution >= 4 is 10.8 Å². The van der Waals surface area contributed by atoms with Crippen molar-refractivity contribution in [3.05, 3.63) is 42.0 Å². The van der Waals surface area contributed by atoms with Gasteiger partial charge in [0.15, 0.2) is 0 Å². The summed E-state index contributed by atoms with van der Waals surface area (Å²) < 4.78 is 11.2. The number of hydrogen-bond acceptors (Lipinski definition) is 4. The molecule has 0 spiro atoms. The van der Waals surface area contributed by atoms with Crippen LogP contribution in [-0.2, 0) is 11.3 Å². The van der Waals surface area contributed by atoms with Crippen molar-refractivity contribution < 1.29 is 9.47 Å². The molecule has 1 heterocycles. The Kier molecular flexibility index (Phi) is 4.93. The van der Waals surface area contributed by atoms with Gasteiger partial charge in [0.05, 0.1) is 19.8 Å². The van der Waals surface area contributed by atoms with Crippen molar-refractivity contribution in [1.82, 2.24) is 10.2 Å². The minimum absolute atomic E-state index is 0.281. The second-order valence-electron chi connectivity index (χ2n) is 5.86. The van der Waals surface area contributed by atoms with Gasteiger partial charge in [0, 0.05) is 31.6 Å². The molecule has 4 nitrogen and oxygen atoms in total. The Balaban J connectivity index is 1.66. The standard InChI is InChI=1S/C18H24N2O2/c1-20-9-10-22-15(13-20)12-19-11-14-7-8-18(21-2)17-6-4-3-5-16(14)17/h3-8,15,19H,9-13H2,1-2H3/t15-/m1/s1. The summed E-state index contributed by atoms with van der Waals surface area (Å²) in [5.74, 6) is 0.927. The van der Waals surface area contributed by atoms with Gasteiger partial charge < -0.3 is 19.7 Å². The maximum Gasteiger partial charge on any atom is 0.126 e. The number of nitrogens with one attached hydrogen (secondary N) is 1. The third-order valence-electron chi connectivity index (χ3n) is 4.22. The maximum absolute atomic E-state index is 5.79. The molecule has 1 aliphatic heterocycles. The van der Waals surface area contributed by atoms with Gasteiger partial charge in [0.2, 0.25) is 0 Å². The molecule has 2 aromatic rings. The Bertz CT molecular complexity index is 630. The molecule has 1 saturated heterocycles. The lowest BCUT2D eigenvalue weighted by Gasteiger charge is -2.30. The molecule has 118 valence electrons. The number of hydrogen-bond donors (Lipinski definition) is 1. The van der Waals surface area contributed by atoms with Crippen molar-refractivity contribution in [1.29, 1.82) is 0 Å². The number of morpholine rings is 1. The molecule has 4 heteroatoms. The van der Waals surface area contributed by atoms with Crippen LogP contribution in [-0.4, -0.2) is 51.4 Å². The summed E-state index contributed by atoms with van der Waals surface area (Å²) in [7, 11) is 3.86. The highest BCUT2D eigenvalue weighted by Gasteiger charge is 2.17. The summed E-state index contributed by atoms with van der Waals surface area (Å²) in [4.78, 5) is 2.32. The maximum atomic E-state index is 5.79. The van der Waals surface area contributed by atoms with Crippen LogP contribution in [0, 0.1) is 0 Å². The number of methoxy groups -OCH3 is 1. The SMILES string of the molecule is COc1ccc(CNC[C@@H]2CN(C)CCO2)c2ccccc12. The lowest BCUT2D eigenvalue weighted by Crippen LogP contribution is -2.44. The van der Waals surface area contributed by atoms with Crippen LogP contribution in [0.1, 0.15) is 5.56 Å². The van der Waals surface area contributed by atoms with Crippen molar-refractivity contribution in [2.45, 2.75) is 12.6 Å². The fraction of sp³-hybridized carbons (Fsp3) is 0.444. The van der Waals surface area contributed by atoms with E-state index < -0.39 is 0 Å². The summed E-state index contributed by atoms with van der Waals surface area (Å²) in [6.45, 7) is 4.57. The number of rotatable bonds is 5. The normalized spacial score (nSPS) is 19.5. The zero-order chi connectivity index (χ0) is 15.4. The largest absolute Gasteiger partial charge is 0.496 e. The van der Waals surface area contributed by atoms with Gasteiger partial charge in [-0.15, -0.1) is 0 Å². The van der Waals surface area contributed by atoms with Crippen LogP contribution in [0.5, 0.6) is 5.75 Å². The monoisotopic (exact) mass is 300 g/mol. The molecule has 0 saturated carbocycles. The number of nitrogens with zero attached hydrogens (tertiary/aromatic N) is 1. The van der Waals surface area contributed by atoms with E-state index >= 15 is 0 Å². The highest BCUT2D eigenvalue weighted by molar-refractivity contribution is 5.91. The molecular weight excluding hydrogens is 276 g/mol. The van der Waals surface area contributed by atoms with Gasteiger partial charge in [0.1, 0.15) is 5.75 Å². The van der Waals surface area contributed by atoms with Crippen LogP contribution in [0.25, 0.3) is 10.8 Å². The fourth-order valence-corrected chi connectivity index (χ4v) is 3.02. The van der Waals surface area contributed by atoms with Gasteiger partial charge >= 0.3 is 0 Å². The van der Waals surface area contributed by atoms with Gasteiger partial charge in [-0.2, -0.15) is 0 Å². The van der Waals surface area contributed by atoms with E-state index in [4.69, 9.17) is 9.47 Å². The Morgan fingerprint density at radius 1 is 1.23 bits per heavy atom. The molecule has 0 amide bonds. The highest BCUT2D eigenvalue weighted by Crippen LogP contribution is 2.28. The predicted molar refractivity (Wildman–Crippen MR) is 89.4 cm³/mol. The van der Waals surface area contributed by atoms with Gasteiger partial charge in [-0.3, -0.25) is 0 Å². The first kappa shape index (κ1) is 15.3. The first-order valence-electron chi connectivity index (χ1n) is 7.83. The molecule has 3 rings (SSSR count). The van der Waals surface area contributed by atoms with Crippen molar-refractivity contribution in [3.8, 4) is 5.75 Å². The van der Waals surface area contributed by atoms with E-state index in [0.717, 1.165) is 43.9 Å². The lowest BCUT2D eigenvalue weighted by molar-refractivity contribution is -0.0182. The van der Waals surface area contributed by atoms with Gasteiger partial charge in [-0.1, -0.05) is 30.3 Å². The summed E-state index contributed by atoms with van der Waals surface area (Å²) in [5.41, 5.74) is 1.29. The van der Waals surface area contributed by atoms with Gasteiger partial charge in [0.25, 0.3) is 0 Å². The molecule has 0 aliphatic carbocycles. The average Bonchev–Trinajstić information content (AvgIpc) is 2.55. The molecule has 1 fully saturated rings. The van der Waals surface area contributed by atoms with Gasteiger partial charge in [-0.25, -0.2) is 0 Å². The summed E-state index contributed by atoms with van der Waals surface area (Å²) in [5, 5.41) is 5.94. The molecule has 0 radical (unpaired) electrons. The topological polar surface area (TPSA) is 33.7 Å². The Morgan fingerprint density at radius 3 is 2.82 bits per heavy atom. The fourth-order valence-electron chi connectivity index (χ4n) is 3.02. The Labute approximate surface area is 132 Å². The number of benzene rings is 2. The molecule has 0 aromatic heterocycles. The van der Waals surface area contributed by atoms with Crippen molar-refractivity contribution in [2.75, 3.05) is 40.4 Å². The quantitative estimate of drug-likeness (QED) is 0.918. The minimum Gasteiger partial charge on any atom is -0.496 e. The van der Waals surface area contributed by atoms with Crippen molar-refractivity contribution in [3.63, 3.8) is 0 Å². The average molecular weight is 300 g/mol. The first-order valence-corrected chi connectivity index (χ1v) is 7.83.